The molecule has 25 heavy (non-hydrogen) atoms. The Bertz CT molecular complexity index is 597. The molecule has 3 aliphatic rings. The first-order valence-electron chi connectivity index (χ1n) is 10.1. The van der Waals surface area contributed by atoms with E-state index in [4.69, 9.17) is 4.43 Å². The largest absolute Gasteiger partial charge is 0.417 e. The lowest BCUT2D eigenvalue weighted by atomic mass is 9.67. The number of hydrogen-bond donors (Lipinski definition) is 0. The molecule has 0 aromatic heterocycles. The highest BCUT2D eigenvalue weighted by Gasteiger charge is 2.48. The van der Waals surface area contributed by atoms with Gasteiger partial charge in [0.15, 0.2) is 14.1 Å². The summed E-state index contributed by atoms with van der Waals surface area (Å²) >= 11 is 0. The quantitative estimate of drug-likeness (QED) is 0.518. The fourth-order valence-electron chi connectivity index (χ4n) is 4.79. The van der Waals surface area contributed by atoms with Crippen molar-refractivity contribution in [1.29, 1.82) is 0 Å². The lowest BCUT2D eigenvalue weighted by Crippen LogP contribution is -2.43. The van der Waals surface area contributed by atoms with E-state index in [0.29, 0.717) is 18.9 Å². The van der Waals surface area contributed by atoms with Gasteiger partial charge in [-0.15, -0.1) is 0 Å². The molecular weight excluding hydrogens is 328 g/mol. The zero-order chi connectivity index (χ0) is 18.4. The van der Waals surface area contributed by atoms with Gasteiger partial charge >= 0.3 is 0 Å². The molecule has 3 unspecified atom stereocenters. The molecule has 3 atom stereocenters. The summed E-state index contributed by atoms with van der Waals surface area (Å²) < 4.78 is 6.38. The van der Waals surface area contributed by atoms with Crippen LogP contribution in [-0.4, -0.2) is 26.5 Å². The molecule has 0 amide bonds. The first kappa shape index (κ1) is 19.0. The zero-order valence-electron chi connectivity index (χ0n) is 16.6. The molecule has 2 saturated carbocycles. The number of hydrogen-bond acceptors (Lipinski definition) is 3. The molecule has 0 N–H and O–H groups in total. The molecule has 2 fully saturated rings. The van der Waals surface area contributed by atoms with Crippen molar-refractivity contribution in [2.75, 3.05) is 6.61 Å². The summed E-state index contributed by atoms with van der Waals surface area (Å²) in [4.78, 5) is 25.7. The Labute approximate surface area is 153 Å². The molecule has 0 saturated heterocycles. The zero-order valence-corrected chi connectivity index (χ0v) is 17.6. The van der Waals surface area contributed by atoms with Gasteiger partial charge in [0, 0.05) is 13.0 Å². The van der Waals surface area contributed by atoms with E-state index in [1.54, 1.807) is 0 Å². The fourth-order valence-corrected chi connectivity index (χ4v) is 5.85. The van der Waals surface area contributed by atoms with Gasteiger partial charge < -0.3 is 4.43 Å². The van der Waals surface area contributed by atoms with Crippen LogP contribution in [-0.2, 0) is 14.0 Å². The number of carbonyl (C=O) groups excluding carboxylic acids is 2. The Kier molecular flexibility index (Phi) is 5.15. The molecule has 3 rings (SSSR count). The van der Waals surface area contributed by atoms with Crippen molar-refractivity contribution in [1.82, 2.24) is 0 Å². The molecule has 0 aliphatic heterocycles. The van der Waals surface area contributed by atoms with Crippen LogP contribution < -0.4 is 0 Å². The highest BCUT2D eigenvalue weighted by Crippen LogP contribution is 2.50. The normalized spacial score (nSPS) is 30.5. The maximum absolute atomic E-state index is 13.0. The van der Waals surface area contributed by atoms with Gasteiger partial charge in [-0.05, 0) is 74.1 Å². The molecule has 0 radical (unpaired) electrons. The van der Waals surface area contributed by atoms with Gasteiger partial charge in [0.05, 0.1) is 5.92 Å². The van der Waals surface area contributed by atoms with Crippen LogP contribution in [0.5, 0.6) is 0 Å². The van der Waals surface area contributed by atoms with E-state index < -0.39 is 8.32 Å². The standard InChI is InChI=1S/C21H34O3Si/c1-21(2,3)25(4,5)24-13-12-16-14-8-6-9-15(14)17-10-7-11-18(22)19(16)20(17)23/h14,16,19H,6-13H2,1-5H3. The number of allylic oxidation sites excluding steroid dienone is 2. The summed E-state index contributed by atoms with van der Waals surface area (Å²) in [6, 6.07) is 0. The second kappa shape index (κ2) is 6.77. The van der Waals surface area contributed by atoms with Crippen LogP contribution in [0.25, 0.3) is 0 Å². The van der Waals surface area contributed by atoms with Crippen molar-refractivity contribution in [3.63, 3.8) is 0 Å². The molecule has 3 aliphatic carbocycles. The first-order valence-corrected chi connectivity index (χ1v) is 13.0. The summed E-state index contributed by atoms with van der Waals surface area (Å²) in [6.45, 7) is 12.0. The van der Waals surface area contributed by atoms with E-state index in [2.05, 4.69) is 33.9 Å². The first-order chi connectivity index (χ1) is 11.6. The van der Waals surface area contributed by atoms with E-state index in [1.165, 1.54) is 12.0 Å². The lowest BCUT2D eigenvalue weighted by molar-refractivity contribution is -0.134. The van der Waals surface area contributed by atoms with Gasteiger partial charge in [0.1, 0.15) is 5.78 Å². The number of ketones is 2. The van der Waals surface area contributed by atoms with Crippen molar-refractivity contribution in [2.24, 2.45) is 17.8 Å². The van der Waals surface area contributed by atoms with Gasteiger partial charge in [0.2, 0.25) is 0 Å². The van der Waals surface area contributed by atoms with Crippen LogP contribution in [0.4, 0.5) is 0 Å². The van der Waals surface area contributed by atoms with Crippen LogP contribution in [0.1, 0.15) is 65.7 Å². The summed E-state index contributed by atoms with van der Waals surface area (Å²) in [5, 5.41) is 0.194. The van der Waals surface area contributed by atoms with Crippen LogP contribution in [0.2, 0.25) is 18.1 Å². The third kappa shape index (κ3) is 3.44. The highest BCUT2D eigenvalue weighted by molar-refractivity contribution is 6.74. The second-order valence-electron chi connectivity index (χ2n) is 9.73. The third-order valence-corrected chi connectivity index (χ3v) is 11.8. The molecular formula is C21H34O3Si. The van der Waals surface area contributed by atoms with E-state index in [9.17, 15) is 9.59 Å². The SMILES string of the molecule is CC(C)(C)[Si](C)(C)OCCC1C2CCCC2=C2CCCC(=O)C1C2=O. The number of rotatable bonds is 4. The van der Waals surface area contributed by atoms with Gasteiger partial charge in [0.25, 0.3) is 0 Å². The molecule has 0 spiro atoms. The second-order valence-corrected chi connectivity index (χ2v) is 14.5. The molecule has 4 heteroatoms. The van der Waals surface area contributed by atoms with Crippen molar-refractivity contribution in [3.8, 4) is 0 Å². The van der Waals surface area contributed by atoms with Crippen LogP contribution >= 0.6 is 0 Å². The number of fused-ring (bicyclic) bond motifs is 3. The van der Waals surface area contributed by atoms with Gasteiger partial charge in [-0.1, -0.05) is 26.3 Å². The minimum Gasteiger partial charge on any atom is -0.417 e. The Hall–Kier alpha value is -0.743. The summed E-state index contributed by atoms with van der Waals surface area (Å²) in [7, 11) is -1.78. The maximum Gasteiger partial charge on any atom is 0.191 e. The number of Topliss-reactive ketones (excluding diaryl/α,β-unsaturated/α-hetero) is 2. The molecule has 140 valence electrons. The fraction of sp³-hybridized carbons (Fsp3) is 0.810. The summed E-state index contributed by atoms with van der Waals surface area (Å²) in [6.07, 6.45) is 6.54. The minimum atomic E-state index is -1.78. The number of carbonyl (C=O) groups is 2. The third-order valence-electron chi connectivity index (χ3n) is 7.24. The molecule has 2 bridgehead atoms. The smallest absolute Gasteiger partial charge is 0.191 e. The van der Waals surface area contributed by atoms with Crippen molar-refractivity contribution >= 4 is 19.9 Å². The molecule has 0 heterocycles. The Morgan fingerprint density at radius 2 is 1.80 bits per heavy atom. The van der Waals surface area contributed by atoms with Crippen LogP contribution in [0.15, 0.2) is 11.1 Å². The Balaban J connectivity index is 1.78. The predicted octanol–water partition coefficient (Wildman–Crippen LogP) is 5.06. The molecule has 3 nitrogen and oxygen atoms in total. The van der Waals surface area contributed by atoms with Crippen molar-refractivity contribution in [3.05, 3.63) is 11.1 Å². The predicted molar refractivity (Wildman–Crippen MR) is 103 cm³/mol. The van der Waals surface area contributed by atoms with Gasteiger partial charge in [-0.3, -0.25) is 9.59 Å². The topological polar surface area (TPSA) is 43.4 Å². The summed E-state index contributed by atoms with van der Waals surface area (Å²) in [5.41, 5.74) is 2.45. The van der Waals surface area contributed by atoms with E-state index in [0.717, 1.165) is 37.7 Å². The molecule has 0 aromatic rings. The van der Waals surface area contributed by atoms with Crippen molar-refractivity contribution < 1.29 is 14.0 Å². The van der Waals surface area contributed by atoms with Gasteiger partial charge in [-0.25, -0.2) is 0 Å². The molecule has 0 aromatic carbocycles. The monoisotopic (exact) mass is 362 g/mol. The average molecular weight is 363 g/mol. The highest BCUT2D eigenvalue weighted by atomic mass is 28.4. The van der Waals surface area contributed by atoms with E-state index in [1.807, 2.05) is 0 Å². The van der Waals surface area contributed by atoms with Crippen LogP contribution in [0, 0.1) is 17.8 Å². The van der Waals surface area contributed by atoms with Crippen molar-refractivity contribution in [2.45, 2.75) is 83.8 Å². The van der Waals surface area contributed by atoms with E-state index in [-0.39, 0.29) is 28.4 Å². The Morgan fingerprint density at radius 1 is 1.08 bits per heavy atom. The van der Waals surface area contributed by atoms with Crippen LogP contribution in [0.3, 0.4) is 0 Å². The summed E-state index contributed by atoms with van der Waals surface area (Å²) in [5.74, 6) is 0.649. The minimum absolute atomic E-state index is 0.174. The Morgan fingerprint density at radius 3 is 2.48 bits per heavy atom. The maximum atomic E-state index is 13.0. The average Bonchev–Trinajstić information content (AvgIpc) is 2.93. The van der Waals surface area contributed by atoms with E-state index >= 15 is 0 Å². The van der Waals surface area contributed by atoms with Gasteiger partial charge in [-0.2, -0.15) is 0 Å². The lowest BCUT2D eigenvalue weighted by Gasteiger charge is -2.39.